The monoisotopic (exact) mass is 615 g/mol. The zero-order valence-electron chi connectivity index (χ0n) is 23.6. The third-order valence-corrected chi connectivity index (χ3v) is 8.30. The topological polar surface area (TPSA) is 145 Å². The Morgan fingerprint density at radius 1 is 0.977 bits per heavy atom. The molecular formula is C30H27F2N9O2S. The lowest BCUT2D eigenvalue weighted by atomic mass is 10.0. The molecule has 0 radical (unpaired) electrons. The number of aromatic amines is 2. The van der Waals surface area contributed by atoms with Gasteiger partial charge in [-0.05, 0) is 73.0 Å². The average molecular weight is 616 g/mol. The summed E-state index contributed by atoms with van der Waals surface area (Å²) >= 11 is 0. The number of likely N-dealkylation sites (tertiary alicyclic amines) is 1. The summed E-state index contributed by atoms with van der Waals surface area (Å²) in [5.74, 6) is -0.834. The van der Waals surface area contributed by atoms with Crippen LogP contribution in [0.4, 0.5) is 8.78 Å². The van der Waals surface area contributed by atoms with Gasteiger partial charge in [-0.15, -0.1) is 0 Å². The highest BCUT2D eigenvalue weighted by molar-refractivity contribution is 7.88. The Kier molecular flexibility index (Phi) is 7.11. The second kappa shape index (κ2) is 11.1. The van der Waals surface area contributed by atoms with Crippen LogP contribution >= 0.6 is 0 Å². The van der Waals surface area contributed by atoms with Crippen LogP contribution in [0.5, 0.6) is 0 Å². The Morgan fingerprint density at radius 3 is 2.61 bits per heavy atom. The van der Waals surface area contributed by atoms with Gasteiger partial charge in [0.1, 0.15) is 22.7 Å². The molecule has 1 saturated heterocycles. The smallest absolute Gasteiger partial charge is 0.209 e. The Labute approximate surface area is 250 Å². The minimum Gasteiger partial charge on any atom is -0.321 e. The fourth-order valence-electron chi connectivity index (χ4n) is 5.63. The van der Waals surface area contributed by atoms with E-state index < -0.39 is 21.7 Å². The molecule has 0 bridgehead atoms. The summed E-state index contributed by atoms with van der Waals surface area (Å²) in [4.78, 5) is 23.3. The number of hydrogen-bond donors (Lipinski definition) is 3. The molecule has 0 atom stereocenters. The van der Waals surface area contributed by atoms with Gasteiger partial charge >= 0.3 is 0 Å². The number of pyridine rings is 3. The quantitative estimate of drug-likeness (QED) is 0.226. The summed E-state index contributed by atoms with van der Waals surface area (Å²) in [6.07, 6.45) is 9.86. The van der Waals surface area contributed by atoms with Crippen molar-refractivity contribution < 1.29 is 17.2 Å². The van der Waals surface area contributed by atoms with Gasteiger partial charge in [-0.1, -0.05) is 0 Å². The molecule has 44 heavy (non-hydrogen) atoms. The summed E-state index contributed by atoms with van der Waals surface area (Å²) in [7, 11) is -3.47. The summed E-state index contributed by atoms with van der Waals surface area (Å²) in [5.41, 5.74) is 4.62. The number of hydrogen-bond acceptors (Lipinski definition) is 8. The van der Waals surface area contributed by atoms with Crippen LogP contribution in [-0.4, -0.2) is 67.8 Å². The standard InChI is InChI=1S/C30H27F2N9O2S/c1-44(42,43)36-13-17-8-19(11-21(31)10-17)22-4-5-34-29-27(22)37-30(38-29)28-24-23(39-40-28)15-35-26(25(24)32)20-9-18(12-33-14-20)16-41-6-2-3-7-41/h4-5,8-12,14-15,36H,2-3,6-7,13,16H2,1H3,(H,39,40)(H,34,37,38). The Morgan fingerprint density at radius 2 is 1.80 bits per heavy atom. The predicted octanol–water partition coefficient (Wildman–Crippen LogP) is 4.55. The minimum atomic E-state index is -3.47. The number of H-pyrrole nitrogens is 2. The van der Waals surface area contributed by atoms with Crippen molar-refractivity contribution in [2.24, 2.45) is 0 Å². The second-order valence-corrected chi connectivity index (χ2v) is 12.8. The number of halogens is 2. The van der Waals surface area contributed by atoms with Gasteiger partial charge in [0.05, 0.1) is 23.4 Å². The molecule has 6 aromatic rings. The van der Waals surface area contributed by atoms with E-state index in [4.69, 9.17) is 4.98 Å². The van der Waals surface area contributed by atoms with E-state index in [1.54, 1.807) is 30.7 Å². The van der Waals surface area contributed by atoms with Gasteiger partial charge in [0.15, 0.2) is 17.3 Å². The summed E-state index contributed by atoms with van der Waals surface area (Å²) < 4.78 is 56.3. The van der Waals surface area contributed by atoms with Crippen LogP contribution in [0.25, 0.3) is 56.0 Å². The van der Waals surface area contributed by atoms with Crippen molar-refractivity contribution in [2.75, 3.05) is 19.3 Å². The van der Waals surface area contributed by atoms with Crippen molar-refractivity contribution in [3.05, 3.63) is 77.9 Å². The lowest BCUT2D eigenvalue weighted by Crippen LogP contribution is -2.21. The van der Waals surface area contributed by atoms with Crippen LogP contribution in [0.1, 0.15) is 24.0 Å². The van der Waals surface area contributed by atoms with Crippen LogP contribution in [-0.2, 0) is 23.1 Å². The normalized spacial score (nSPS) is 14.2. The molecule has 1 aromatic carbocycles. The highest BCUT2D eigenvalue weighted by Gasteiger charge is 2.22. The molecule has 1 fully saturated rings. The van der Waals surface area contributed by atoms with Crippen molar-refractivity contribution in [3.63, 3.8) is 0 Å². The van der Waals surface area contributed by atoms with Gasteiger partial charge in [-0.25, -0.2) is 31.9 Å². The van der Waals surface area contributed by atoms with E-state index in [2.05, 4.69) is 39.8 Å². The van der Waals surface area contributed by atoms with Gasteiger partial charge in [0, 0.05) is 42.8 Å². The van der Waals surface area contributed by atoms with E-state index in [-0.39, 0.29) is 29.1 Å². The number of aromatic nitrogens is 7. The molecule has 7 rings (SSSR count). The first-order valence-electron chi connectivity index (χ1n) is 14.0. The van der Waals surface area contributed by atoms with Crippen LogP contribution in [0.2, 0.25) is 0 Å². The predicted molar refractivity (Wildman–Crippen MR) is 162 cm³/mol. The first-order valence-corrected chi connectivity index (χ1v) is 15.9. The Balaban J connectivity index is 1.27. The molecule has 14 heteroatoms. The molecule has 6 heterocycles. The van der Waals surface area contributed by atoms with E-state index in [0.717, 1.165) is 31.5 Å². The molecule has 0 spiro atoms. The number of nitrogens with zero attached hydrogens (tertiary/aromatic N) is 6. The fourth-order valence-corrected chi connectivity index (χ4v) is 6.06. The van der Waals surface area contributed by atoms with Crippen LogP contribution in [0.15, 0.2) is 55.1 Å². The van der Waals surface area contributed by atoms with Gasteiger partial charge < -0.3 is 4.98 Å². The zero-order chi connectivity index (χ0) is 30.4. The molecule has 1 aliphatic rings. The summed E-state index contributed by atoms with van der Waals surface area (Å²) in [5, 5.41) is 7.39. The van der Waals surface area contributed by atoms with Crippen molar-refractivity contribution in [1.29, 1.82) is 0 Å². The number of fused-ring (bicyclic) bond motifs is 2. The number of sulfonamides is 1. The van der Waals surface area contributed by atoms with E-state index in [0.29, 0.717) is 38.9 Å². The van der Waals surface area contributed by atoms with Gasteiger partial charge in [-0.3, -0.25) is 20.0 Å². The van der Waals surface area contributed by atoms with E-state index >= 15 is 4.39 Å². The average Bonchev–Trinajstić information content (AvgIpc) is 3.75. The lowest BCUT2D eigenvalue weighted by molar-refractivity contribution is 0.331. The van der Waals surface area contributed by atoms with E-state index in [1.807, 2.05) is 6.07 Å². The number of rotatable bonds is 8. The van der Waals surface area contributed by atoms with Crippen molar-refractivity contribution in [2.45, 2.75) is 25.9 Å². The Bertz CT molecular complexity index is 2140. The maximum atomic E-state index is 16.2. The minimum absolute atomic E-state index is 0.0742. The number of benzene rings is 1. The fraction of sp³-hybridized carbons (Fsp3) is 0.233. The first-order chi connectivity index (χ1) is 21.2. The van der Waals surface area contributed by atoms with Crippen molar-refractivity contribution in [1.82, 2.24) is 44.7 Å². The molecule has 0 saturated carbocycles. The zero-order valence-corrected chi connectivity index (χ0v) is 24.4. The summed E-state index contributed by atoms with van der Waals surface area (Å²) in [6.45, 7) is 2.75. The molecule has 0 amide bonds. The molecule has 0 unspecified atom stereocenters. The highest BCUT2D eigenvalue weighted by Crippen LogP contribution is 2.34. The molecule has 3 N–H and O–H groups in total. The second-order valence-electron chi connectivity index (χ2n) is 10.9. The van der Waals surface area contributed by atoms with Gasteiger partial charge in [0.2, 0.25) is 10.0 Å². The van der Waals surface area contributed by atoms with Crippen LogP contribution < -0.4 is 4.72 Å². The Hall–Kier alpha value is -4.66. The summed E-state index contributed by atoms with van der Waals surface area (Å²) in [6, 6.07) is 7.87. The molecule has 224 valence electrons. The van der Waals surface area contributed by atoms with E-state index in [1.165, 1.54) is 31.2 Å². The molecule has 11 nitrogen and oxygen atoms in total. The maximum absolute atomic E-state index is 16.2. The van der Waals surface area contributed by atoms with E-state index in [9.17, 15) is 12.8 Å². The van der Waals surface area contributed by atoms with Crippen molar-refractivity contribution >= 4 is 32.1 Å². The lowest BCUT2D eigenvalue weighted by Gasteiger charge is -2.14. The first kappa shape index (κ1) is 28.1. The molecule has 0 aliphatic carbocycles. The third-order valence-electron chi connectivity index (χ3n) is 7.63. The SMILES string of the molecule is CS(=O)(=O)NCc1cc(F)cc(-c2ccnc3[nH]c(-c4n[nH]c5cnc(-c6cncc(CN7CCCC7)c6)c(F)c45)nc23)c1. The molecule has 1 aliphatic heterocycles. The largest absolute Gasteiger partial charge is 0.321 e. The maximum Gasteiger partial charge on any atom is 0.209 e. The van der Waals surface area contributed by atoms with Crippen LogP contribution in [0.3, 0.4) is 0 Å². The third kappa shape index (κ3) is 5.54. The van der Waals surface area contributed by atoms with Crippen LogP contribution in [0, 0.1) is 11.6 Å². The van der Waals surface area contributed by atoms with Crippen molar-refractivity contribution in [3.8, 4) is 33.9 Å². The number of imidazole rings is 1. The highest BCUT2D eigenvalue weighted by atomic mass is 32.2. The number of nitrogens with one attached hydrogen (secondary N) is 3. The molecular weight excluding hydrogens is 588 g/mol. The van der Waals surface area contributed by atoms with Gasteiger partial charge in [0.25, 0.3) is 0 Å². The van der Waals surface area contributed by atoms with Gasteiger partial charge in [-0.2, -0.15) is 5.10 Å². The molecule has 5 aromatic heterocycles.